The van der Waals surface area contributed by atoms with Crippen molar-refractivity contribution in [3.05, 3.63) is 42.0 Å². The minimum atomic E-state index is -0.837. The maximum absolute atomic E-state index is 13.4. The van der Waals surface area contributed by atoms with Crippen molar-refractivity contribution in [3.8, 4) is 0 Å². The smallest absolute Gasteiger partial charge is 0.409 e. The third kappa shape index (κ3) is 5.23. The van der Waals surface area contributed by atoms with Crippen LogP contribution in [-0.2, 0) is 14.3 Å². The first-order valence-corrected chi connectivity index (χ1v) is 10.4. The van der Waals surface area contributed by atoms with Crippen LogP contribution >= 0.6 is 0 Å². The Kier molecular flexibility index (Phi) is 7.29. The molecule has 3 rings (SSSR count). The predicted molar refractivity (Wildman–Crippen MR) is 114 cm³/mol. The second-order valence-electron chi connectivity index (χ2n) is 8.23. The molecule has 2 aliphatic heterocycles. The van der Waals surface area contributed by atoms with Crippen molar-refractivity contribution in [3.63, 3.8) is 0 Å². The number of carbonyl (C=O) groups excluding carboxylic acids is 3. The summed E-state index contributed by atoms with van der Waals surface area (Å²) in [5.74, 6) is -1.67. The normalized spacial score (nSPS) is 24.2. The first kappa shape index (κ1) is 22.8. The summed E-state index contributed by atoms with van der Waals surface area (Å²) in [6.07, 6.45) is 1.86. The van der Waals surface area contributed by atoms with Gasteiger partial charge in [0.1, 0.15) is 12.1 Å². The Morgan fingerprint density at radius 2 is 1.90 bits per heavy atom. The van der Waals surface area contributed by atoms with Gasteiger partial charge in [-0.1, -0.05) is 36.4 Å². The van der Waals surface area contributed by atoms with Gasteiger partial charge in [0.25, 0.3) is 0 Å². The van der Waals surface area contributed by atoms with Crippen LogP contribution in [0, 0.1) is 5.92 Å². The molecule has 9 nitrogen and oxygen atoms in total. The second kappa shape index (κ2) is 9.93. The average molecular weight is 431 g/mol. The van der Waals surface area contributed by atoms with E-state index in [4.69, 9.17) is 4.74 Å². The molecule has 3 atom stereocenters. The molecule has 0 aromatic heterocycles. The highest BCUT2D eigenvalue weighted by atomic mass is 16.6. The number of hydrogen-bond donors (Lipinski definition) is 2. The first-order valence-electron chi connectivity index (χ1n) is 10.4. The van der Waals surface area contributed by atoms with E-state index in [1.54, 1.807) is 36.4 Å². The van der Waals surface area contributed by atoms with Crippen LogP contribution in [0.4, 0.5) is 4.79 Å². The summed E-state index contributed by atoms with van der Waals surface area (Å²) in [5, 5.41) is 9.23. The van der Waals surface area contributed by atoms with Crippen LogP contribution in [0.15, 0.2) is 36.4 Å². The number of ether oxygens (including phenoxy) is 1. The summed E-state index contributed by atoms with van der Waals surface area (Å²) < 4.78 is 5.43. The number of piperidine rings is 1. The third-order valence-corrected chi connectivity index (χ3v) is 5.86. The van der Waals surface area contributed by atoms with Crippen molar-refractivity contribution in [2.45, 2.75) is 25.0 Å². The zero-order valence-corrected chi connectivity index (χ0v) is 18.2. The minimum absolute atomic E-state index is 0.158. The number of carbonyl (C=O) groups is 3. The number of nitrogens with zero attached hydrogens (tertiary/aromatic N) is 3. The standard InChI is InChI=1S/C22H30N4O5/c1-24(2)22(29)31-17-13-18(20(27)23-30)19(25(3)14-17)21(28)26-11-9-16(10-12-26)15-7-5-4-6-8-15/h4-9,17-19,30H,10-14H2,1-3H3,(H,23,27)/t17-,18-,19-/m0/s1. The molecule has 1 aromatic rings. The van der Waals surface area contributed by atoms with Gasteiger partial charge in [0.05, 0.1) is 5.92 Å². The van der Waals surface area contributed by atoms with Crippen LogP contribution < -0.4 is 5.48 Å². The van der Waals surface area contributed by atoms with E-state index in [1.165, 1.54) is 10.5 Å². The van der Waals surface area contributed by atoms with Crippen molar-refractivity contribution in [2.24, 2.45) is 5.92 Å². The van der Waals surface area contributed by atoms with Crippen LogP contribution in [-0.4, -0.2) is 90.7 Å². The number of hydrogen-bond acceptors (Lipinski definition) is 6. The summed E-state index contributed by atoms with van der Waals surface area (Å²) in [4.78, 5) is 42.4. The lowest BCUT2D eigenvalue weighted by molar-refractivity contribution is -0.151. The third-order valence-electron chi connectivity index (χ3n) is 5.86. The second-order valence-corrected chi connectivity index (χ2v) is 8.23. The molecular formula is C22H30N4O5. The van der Waals surface area contributed by atoms with Crippen LogP contribution in [0.1, 0.15) is 18.4 Å². The fraction of sp³-hybridized carbons (Fsp3) is 0.500. The number of rotatable bonds is 4. The van der Waals surface area contributed by atoms with Crippen LogP contribution in [0.25, 0.3) is 5.57 Å². The SMILES string of the molecule is CN(C)C(=O)O[C@H]1C[C@H](C(=O)NO)[C@@H](C(=O)N2CC=C(c3ccccc3)CC2)N(C)C1. The Labute approximate surface area is 182 Å². The topological polar surface area (TPSA) is 102 Å². The molecule has 1 saturated heterocycles. The number of hydroxylamine groups is 1. The van der Waals surface area contributed by atoms with Gasteiger partial charge < -0.3 is 14.5 Å². The van der Waals surface area contributed by atoms with Crippen LogP contribution in [0.3, 0.4) is 0 Å². The summed E-state index contributed by atoms with van der Waals surface area (Å²) in [7, 11) is 4.88. The maximum atomic E-state index is 13.4. The van der Waals surface area contributed by atoms with Crippen molar-refractivity contribution in [2.75, 3.05) is 40.8 Å². The Morgan fingerprint density at radius 1 is 1.19 bits per heavy atom. The van der Waals surface area contributed by atoms with Gasteiger partial charge in [0.2, 0.25) is 11.8 Å². The van der Waals surface area contributed by atoms with E-state index >= 15 is 0 Å². The van der Waals surface area contributed by atoms with E-state index in [-0.39, 0.29) is 12.3 Å². The molecule has 0 spiro atoms. The molecule has 1 aromatic carbocycles. The predicted octanol–water partition coefficient (Wildman–Crippen LogP) is 1.19. The van der Waals surface area contributed by atoms with Gasteiger partial charge in [0, 0.05) is 33.7 Å². The summed E-state index contributed by atoms with van der Waals surface area (Å²) in [6, 6.07) is 9.30. The molecule has 31 heavy (non-hydrogen) atoms. The van der Waals surface area contributed by atoms with Gasteiger partial charge in [-0.2, -0.15) is 0 Å². The lowest BCUT2D eigenvalue weighted by Crippen LogP contribution is -2.60. The molecule has 9 heteroatoms. The molecule has 0 radical (unpaired) electrons. The van der Waals surface area contributed by atoms with Gasteiger partial charge in [0.15, 0.2) is 0 Å². The Hall–Kier alpha value is -2.91. The molecule has 0 aliphatic carbocycles. The van der Waals surface area contributed by atoms with Crippen LogP contribution in [0.2, 0.25) is 0 Å². The largest absolute Gasteiger partial charge is 0.445 e. The van der Waals surface area contributed by atoms with E-state index in [1.807, 2.05) is 24.3 Å². The molecule has 0 saturated carbocycles. The van der Waals surface area contributed by atoms with Crippen LogP contribution in [0.5, 0.6) is 0 Å². The maximum Gasteiger partial charge on any atom is 0.409 e. The Balaban J connectivity index is 1.72. The van der Waals surface area contributed by atoms with Crippen molar-refractivity contribution < 1.29 is 24.3 Å². The lowest BCUT2D eigenvalue weighted by Gasteiger charge is -2.42. The average Bonchev–Trinajstić information content (AvgIpc) is 2.78. The van der Waals surface area contributed by atoms with E-state index in [0.29, 0.717) is 19.6 Å². The summed E-state index contributed by atoms with van der Waals surface area (Å²) in [5.41, 5.74) is 4.01. The van der Waals surface area contributed by atoms with E-state index < -0.39 is 30.1 Å². The molecule has 168 valence electrons. The first-order chi connectivity index (χ1) is 14.8. The van der Waals surface area contributed by atoms with Gasteiger partial charge in [-0.15, -0.1) is 0 Å². The lowest BCUT2D eigenvalue weighted by atomic mass is 9.86. The monoisotopic (exact) mass is 430 g/mol. The molecule has 0 unspecified atom stereocenters. The van der Waals surface area contributed by atoms with Gasteiger partial charge in [-0.25, -0.2) is 10.3 Å². The molecular weight excluding hydrogens is 400 g/mol. The highest BCUT2D eigenvalue weighted by molar-refractivity contribution is 5.90. The van der Waals surface area contributed by atoms with E-state index in [0.717, 1.165) is 12.0 Å². The number of likely N-dealkylation sites (N-methyl/N-ethyl adjacent to an activating group) is 1. The van der Waals surface area contributed by atoms with Crippen molar-refractivity contribution >= 4 is 23.5 Å². The minimum Gasteiger partial charge on any atom is -0.445 e. The van der Waals surface area contributed by atoms with Crippen molar-refractivity contribution in [1.82, 2.24) is 20.2 Å². The molecule has 3 amide bonds. The fourth-order valence-electron chi connectivity index (χ4n) is 4.23. The fourth-order valence-corrected chi connectivity index (χ4v) is 4.23. The molecule has 2 aliphatic rings. The molecule has 0 bridgehead atoms. The van der Waals surface area contributed by atoms with E-state index in [9.17, 15) is 19.6 Å². The molecule has 2 heterocycles. The highest BCUT2D eigenvalue weighted by Gasteiger charge is 2.45. The van der Waals surface area contributed by atoms with E-state index in [2.05, 4.69) is 12.1 Å². The number of nitrogens with one attached hydrogen (secondary N) is 1. The summed E-state index contributed by atoms with van der Waals surface area (Å²) >= 11 is 0. The quantitative estimate of drug-likeness (QED) is 0.550. The number of likely N-dealkylation sites (tertiary alicyclic amines) is 1. The highest BCUT2D eigenvalue weighted by Crippen LogP contribution is 2.29. The molecule has 2 N–H and O–H groups in total. The Bertz CT molecular complexity index is 842. The Morgan fingerprint density at radius 3 is 2.48 bits per heavy atom. The zero-order chi connectivity index (χ0) is 22.5. The van der Waals surface area contributed by atoms with Crippen molar-refractivity contribution in [1.29, 1.82) is 0 Å². The number of benzene rings is 1. The van der Waals surface area contributed by atoms with Gasteiger partial charge in [-0.3, -0.25) is 19.7 Å². The molecule has 1 fully saturated rings. The van der Waals surface area contributed by atoms with Gasteiger partial charge >= 0.3 is 6.09 Å². The van der Waals surface area contributed by atoms with Gasteiger partial charge in [-0.05, 0) is 31.0 Å². The number of amides is 3. The summed E-state index contributed by atoms with van der Waals surface area (Å²) in [6.45, 7) is 1.33. The zero-order valence-electron chi connectivity index (χ0n) is 18.2.